The quantitative estimate of drug-likeness (QED) is 0.583. The van der Waals surface area contributed by atoms with E-state index in [1.165, 1.54) is 37.8 Å². The van der Waals surface area contributed by atoms with Crippen LogP contribution in [0.2, 0.25) is 0 Å². The number of nitrogens with one attached hydrogen (secondary N) is 2. The molecule has 7 nitrogen and oxygen atoms in total. The van der Waals surface area contributed by atoms with Gasteiger partial charge in [0.2, 0.25) is 0 Å². The van der Waals surface area contributed by atoms with Crippen LogP contribution in [-0.2, 0) is 0 Å². The summed E-state index contributed by atoms with van der Waals surface area (Å²) in [4.78, 5) is 19.1. The highest BCUT2D eigenvalue weighted by Gasteiger charge is 2.21. The summed E-state index contributed by atoms with van der Waals surface area (Å²) in [5.74, 6) is 0.580. The predicted molar refractivity (Wildman–Crippen MR) is 118 cm³/mol. The number of likely N-dealkylation sites (tertiary alicyclic amines) is 1. The Balaban J connectivity index is 1.29. The van der Waals surface area contributed by atoms with Gasteiger partial charge in [-0.05, 0) is 69.0 Å². The van der Waals surface area contributed by atoms with E-state index in [1.807, 2.05) is 12.1 Å². The standard InChI is InChI=1S/C23H27FN6O/c24-19-13-17(5-6-18(19)23(31)25-9-12-29-10-1-2-11-29)20-15-27-22-8-7-21(28-30(20)22)26-14-16-3-4-16/h5-8,13,15-16H,1-4,9-12,14H2,(H,25,31)(H,26,28). The first kappa shape index (κ1) is 19.9. The van der Waals surface area contributed by atoms with Crippen molar-refractivity contribution in [2.24, 2.45) is 5.92 Å². The predicted octanol–water partition coefficient (Wildman–Crippen LogP) is 3.18. The summed E-state index contributed by atoms with van der Waals surface area (Å²) in [6, 6.07) is 8.46. The molecule has 8 heteroatoms. The summed E-state index contributed by atoms with van der Waals surface area (Å²) in [7, 11) is 0. The van der Waals surface area contributed by atoms with Crippen molar-refractivity contribution in [2.75, 3.05) is 38.0 Å². The molecular weight excluding hydrogens is 395 g/mol. The van der Waals surface area contributed by atoms with Crippen LogP contribution in [0.1, 0.15) is 36.0 Å². The molecular formula is C23H27FN6O. The zero-order valence-corrected chi connectivity index (χ0v) is 17.5. The van der Waals surface area contributed by atoms with E-state index in [0.29, 0.717) is 23.4 Å². The van der Waals surface area contributed by atoms with Crippen molar-refractivity contribution in [3.63, 3.8) is 0 Å². The summed E-state index contributed by atoms with van der Waals surface area (Å²) < 4.78 is 16.5. The van der Waals surface area contributed by atoms with Crippen molar-refractivity contribution in [1.82, 2.24) is 24.8 Å². The lowest BCUT2D eigenvalue weighted by molar-refractivity contribution is 0.0946. The van der Waals surface area contributed by atoms with Gasteiger partial charge in [0, 0.05) is 25.2 Å². The number of carbonyl (C=O) groups excluding carboxylic acids is 1. The van der Waals surface area contributed by atoms with Crippen molar-refractivity contribution >= 4 is 17.4 Å². The Kier molecular flexibility index (Phi) is 5.55. The van der Waals surface area contributed by atoms with E-state index in [-0.39, 0.29) is 11.5 Å². The number of amides is 1. The van der Waals surface area contributed by atoms with Crippen LogP contribution in [0.5, 0.6) is 0 Å². The van der Waals surface area contributed by atoms with Gasteiger partial charge in [0.25, 0.3) is 5.91 Å². The van der Waals surface area contributed by atoms with Gasteiger partial charge in [0.15, 0.2) is 5.65 Å². The number of rotatable bonds is 8. The van der Waals surface area contributed by atoms with Crippen molar-refractivity contribution in [2.45, 2.75) is 25.7 Å². The first-order valence-electron chi connectivity index (χ1n) is 11.1. The largest absolute Gasteiger partial charge is 0.368 e. The third-order valence-corrected chi connectivity index (χ3v) is 6.05. The molecule has 1 aliphatic carbocycles. The number of aromatic nitrogens is 3. The second-order valence-corrected chi connectivity index (χ2v) is 8.46. The van der Waals surface area contributed by atoms with Crippen molar-refractivity contribution in [3.8, 4) is 11.3 Å². The number of fused-ring (bicyclic) bond motifs is 1. The molecule has 5 rings (SSSR count). The number of hydrogen-bond donors (Lipinski definition) is 2. The second-order valence-electron chi connectivity index (χ2n) is 8.46. The van der Waals surface area contributed by atoms with Crippen LogP contribution in [0, 0.1) is 11.7 Å². The molecule has 1 saturated carbocycles. The van der Waals surface area contributed by atoms with Crippen LogP contribution in [-0.4, -0.2) is 58.1 Å². The molecule has 2 aromatic heterocycles. The number of nitrogens with zero attached hydrogens (tertiary/aromatic N) is 4. The lowest BCUT2D eigenvalue weighted by atomic mass is 10.1. The Morgan fingerprint density at radius 2 is 2.00 bits per heavy atom. The molecule has 2 N–H and O–H groups in total. The summed E-state index contributed by atoms with van der Waals surface area (Å²) >= 11 is 0. The lowest BCUT2D eigenvalue weighted by Gasteiger charge is -2.15. The van der Waals surface area contributed by atoms with E-state index < -0.39 is 5.82 Å². The van der Waals surface area contributed by atoms with Crippen molar-refractivity contribution < 1.29 is 9.18 Å². The molecule has 3 aromatic rings. The fourth-order valence-corrected chi connectivity index (χ4v) is 4.02. The molecule has 0 spiro atoms. The Morgan fingerprint density at radius 1 is 1.16 bits per heavy atom. The van der Waals surface area contributed by atoms with Gasteiger partial charge in [0.05, 0.1) is 17.5 Å². The normalized spacial score (nSPS) is 16.7. The van der Waals surface area contributed by atoms with E-state index in [4.69, 9.17) is 0 Å². The number of imidazole rings is 1. The van der Waals surface area contributed by atoms with Crippen molar-refractivity contribution in [1.29, 1.82) is 0 Å². The molecule has 162 valence electrons. The minimum atomic E-state index is -0.547. The Morgan fingerprint density at radius 3 is 2.77 bits per heavy atom. The maximum atomic E-state index is 14.8. The summed E-state index contributed by atoms with van der Waals surface area (Å²) in [6.07, 6.45) is 6.63. The van der Waals surface area contributed by atoms with Gasteiger partial charge in [-0.25, -0.2) is 13.9 Å². The molecule has 0 radical (unpaired) electrons. The smallest absolute Gasteiger partial charge is 0.254 e. The molecule has 3 heterocycles. The topological polar surface area (TPSA) is 74.6 Å². The fraction of sp³-hybridized carbons (Fsp3) is 0.435. The second kappa shape index (κ2) is 8.63. The summed E-state index contributed by atoms with van der Waals surface area (Å²) in [6.45, 7) is 4.39. The van der Waals surface area contributed by atoms with Gasteiger partial charge in [-0.1, -0.05) is 6.07 Å². The van der Waals surface area contributed by atoms with Gasteiger partial charge in [-0.3, -0.25) is 4.79 Å². The van der Waals surface area contributed by atoms with Crippen LogP contribution in [0.4, 0.5) is 10.2 Å². The molecule has 0 atom stereocenters. The molecule has 1 amide bonds. The number of anilines is 1. The summed E-state index contributed by atoms with van der Waals surface area (Å²) in [5, 5.41) is 10.8. The highest BCUT2D eigenvalue weighted by molar-refractivity contribution is 5.95. The van der Waals surface area contributed by atoms with Crippen molar-refractivity contribution in [3.05, 3.63) is 47.9 Å². The first-order chi connectivity index (χ1) is 15.2. The first-order valence-corrected chi connectivity index (χ1v) is 11.1. The van der Waals surface area contributed by atoms with E-state index >= 15 is 0 Å². The van der Waals surface area contributed by atoms with E-state index in [1.54, 1.807) is 16.8 Å². The number of carbonyl (C=O) groups is 1. The van der Waals surface area contributed by atoms with Crippen LogP contribution < -0.4 is 10.6 Å². The minimum absolute atomic E-state index is 0.0544. The molecule has 0 unspecified atom stereocenters. The Labute approximate surface area is 180 Å². The van der Waals surface area contributed by atoms with Gasteiger partial charge in [-0.2, -0.15) is 0 Å². The molecule has 31 heavy (non-hydrogen) atoms. The van der Waals surface area contributed by atoms with E-state index in [2.05, 4.69) is 25.6 Å². The van der Waals surface area contributed by atoms with Crippen LogP contribution in [0.25, 0.3) is 16.9 Å². The average molecular weight is 423 g/mol. The van der Waals surface area contributed by atoms with Gasteiger partial charge < -0.3 is 15.5 Å². The molecule has 2 fully saturated rings. The van der Waals surface area contributed by atoms with Gasteiger partial charge in [-0.15, -0.1) is 5.10 Å². The molecule has 1 saturated heterocycles. The minimum Gasteiger partial charge on any atom is -0.368 e. The van der Waals surface area contributed by atoms with Crippen LogP contribution in [0.15, 0.2) is 36.5 Å². The molecule has 0 bridgehead atoms. The fourth-order valence-electron chi connectivity index (χ4n) is 4.02. The van der Waals surface area contributed by atoms with Crippen LogP contribution in [0.3, 0.4) is 0 Å². The Hall–Kier alpha value is -3.00. The monoisotopic (exact) mass is 422 g/mol. The summed E-state index contributed by atoms with van der Waals surface area (Å²) in [5.41, 5.74) is 2.06. The number of hydrogen-bond acceptors (Lipinski definition) is 5. The van der Waals surface area contributed by atoms with Crippen LogP contribution >= 0.6 is 0 Å². The van der Waals surface area contributed by atoms with E-state index in [0.717, 1.165) is 37.9 Å². The van der Waals surface area contributed by atoms with Gasteiger partial charge >= 0.3 is 0 Å². The number of halogens is 1. The third-order valence-electron chi connectivity index (χ3n) is 6.05. The Bertz CT molecular complexity index is 1090. The highest BCUT2D eigenvalue weighted by Crippen LogP contribution is 2.29. The highest BCUT2D eigenvalue weighted by atomic mass is 19.1. The SMILES string of the molecule is O=C(NCCN1CCCC1)c1ccc(-c2cnc3ccc(NCC4CC4)nn23)cc1F. The average Bonchev–Trinajstić information content (AvgIpc) is 3.28. The van der Waals surface area contributed by atoms with Gasteiger partial charge in [0.1, 0.15) is 11.6 Å². The lowest BCUT2D eigenvalue weighted by Crippen LogP contribution is -2.33. The number of benzene rings is 1. The maximum Gasteiger partial charge on any atom is 0.254 e. The third kappa shape index (κ3) is 4.54. The molecule has 1 aliphatic heterocycles. The zero-order valence-electron chi connectivity index (χ0n) is 17.5. The molecule has 1 aromatic carbocycles. The molecule has 2 aliphatic rings. The maximum absolute atomic E-state index is 14.8. The van der Waals surface area contributed by atoms with E-state index in [9.17, 15) is 9.18 Å². The zero-order chi connectivity index (χ0) is 21.2.